The van der Waals surface area contributed by atoms with Gasteiger partial charge in [0.15, 0.2) is 5.58 Å². The maximum atomic E-state index is 12.9. The largest absolute Gasteiger partial charge is 0.436 e. The topological polar surface area (TPSA) is 105 Å². The predicted octanol–water partition coefficient (Wildman–Crippen LogP) is 4.54. The van der Waals surface area contributed by atoms with Gasteiger partial charge in [-0.1, -0.05) is 0 Å². The summed E-state index contributed by atoms with van der Waals surface area (Å²) in [5.41, 5.74) is 3.03. The number of amides is 1. The van der Waals surface area contributed by atoms with Gasteiger partial charge in [0.2, 0.25) is 18.2 Å². The first kappa shape index (κ1) is 23.5. The number of aromatic nitrogens is 3. The second-order valence-corrected chi connectivity index (χ2v) is 9.51. The second-order valence-electron chi connectivity index (χ2n) is 9.51. The third-order valence-electron chi connectivity index (χ3n) is 6.97. The molecule has 2 N–H and O–H groups in total. The number of carbonyl (C=O) groups excluding carboxylic acids is 1. The van der Waals surface area contributed by atoms with E-state index in [0.29, 0.717) is 45.8 Å². The quantitative estimate of drug-likeness (QED) is 0.391. The van der Waals surface area contributed by atoms with E-state index in [1.54, 1.807) is 25.5 Å². The first-order valence-corrected chi connectivity index (χ1v) is 12.2. The molecular formula is C26H26F2N6O3. The van der Waals surface area contributed by atoms with Crippen LogP contribution in [0.25, 0.3) is 33.3 Å². The van der Waals surface area contributed by atoms with E-state index in [4.69, 9.17) is 14.1 Å². The van der Waals surface area contributed by atoms with Crippen LogP contribution in [0.15, 0.2) is 41.1 Å². The lowest BCUT2D eigenvalue weighted by molar-refractivity contribution is -0.118. The highest BCUT2D eigenvalue weighted by atomic mass is 19.3. The van der Waals surface area contributed by atoms with E-state index in [1.165, 1.54) is 0 Å². The van der Waals surface area contributed by atoms with Crippen molar-refractivity contribution < 1.29 is 22.7 Å². The van der Waals surface area contributed by atoms with Crippen molar-refractivity contribution in [1.82, 2.24) is 15.0 Å². The third kappa shape index (κ3) is 4.43. The summed E-state index contributed by atoms with van der Waals surface area (Å²) in [5.74, 6) is -0.778. The predicted molar refractivity (Wildman–Crippen MR) is 136 cm³/mol. The number of pyridine rings is 2. The number of benzene rings is 1. The van der Waals surface area contributed by atoms with Gasteiger partial charge in [-0.25, -0.2) is 23.7 Å². The molecule has 1 amide bonds. The molecule has 2 aliphatic rings. The van der Waals surface area contributed by atoms with Crippen molar-refractivity contribution in [1.29, 1.82) is 0 Å². The van der Waals surface area contributed by atoms with Crippen molar-refractivity contribution in [3.63, 3.8) is 0 Å². The lowest BCUT2D eigenvalue weighted by Gasteiger charge is -2.32. The molecule has 1 aliphatic carbocycles. The van der Waals surface area contributed by atoms with Gasteiger partial charge in [0.1, 0.15) is 17.2 Å². The van der Waals surface area contributed by atoms with Crippen molar-refractivity contribution in [2.24, 2.45) is 11.8 Å². The molecule has 0 spiro atoms. The smallest absolute Gasteiger partial charge is 0.242 e. The molecule has 9 nitrogen and oxygen atoms in total. The summed E-state index contributed by atoms with van der Waals surface area (Å²) in [6.45, 7) is 4.34. The molecule has 1 saturated carbocycles. The van der Waals surface area contributed by atoms with Crippen LogP contribution in [0.5, 0.6) is 0 Å². The van der Waals surface area contributed by atoms with Crippen molar-refractivity contribution in [2.75, 3.05) is 42.3 Å². The Morgan fingerprint density at radius 2 is 2.05 bits per heavy atom. The molecule has 0 unspecified atom stereocenters. The van der Waals surface area contributed by atoms with Gasteiger partial charge in [-0.3, -0.25) is 4.79 Å². The Hall–Kier alpha value is -3.86. The highest BCUT2D eigenvalue weighted by Gasteiger charge is 2.49. The van der Waals surface area contributed by atoms with Crippen LogP contribution in [-0.4, -0.2) is 60.1 Å². The third-order valence-corrected chi connectivity index (χ3v) is 6.97. The number of oxazole rings is 1. The number of fused-ring (bicyclic) bond motifs is 2. The number of alkyl halides is 2. The maximum absolute atomic E-state index is 12.9. The molecule has 1 aromatic carbocycles. The van der Waals surface area contributed by atoms with Crippen molar-refractivity contribution in [3.8, 4) is 11.5 Å². The van der Waals surface area contributed by atoms with Crippen LogP contribution < -0.4 is 15.5 Å². The lowest BCUT2D eigenvalue weighted by atomic mass is 10.1. The van der Waals surface area contributed by atoms with Gasteiger partial charge in [-0.05, 0) is 37.6 Å². The monoisotopic (exact) mass is 508 g/mol. The Labute approximate surface area is 211 Å². The van der Waals surface area contributed by atoms with Crippen LogP contribution in [0.1, 0.15) is 13.3 Å². The zero-order valence-corrected chi connectivity index (χ0v) is 20.4. The molecule has 3 aromatic heterocycles. The molecule has 6 rings (SSSR count). The number of rotatable bonds is 6. The van der Waals surface area contributed by atoms with Crippen LogP contribution in [0, 0.1) is 11.8 Å². The Kier molecular flexibility index (Phi) is 5.86. The van der Waals surface area contributed by atoms with Gasteiger partial charge in [0.25, 0.3) is 0 Å². The Morgan fingerprint density at radius 3 is 2.81 bits per heavy atom. The first-order valence-electron chi connectivity index (χ1n) is 12.2. The number of hydrogen-bond donors (Lipinski definition) is 2. The highest BCUT2D eigenvalue weighted by Crippen LogP contribution is 2.44. The Balaban J connectivity index is 1.35. The number of nitrogens with one attached hydrogen (secondary N) is 2. The standard InChI is InChI=1S/C26H26F2N6O3/c1-13-12-34(5-6-36-13)14-3-4-21-20(7-14)32-26(37-21)19-11-31-24(29-2)18-10-30-22(9-15(18)19)33-25(35)17-8-16(17)23(27)28/h3-4,7,9-11,13,16-17,23H,5-6,8,12H2,1-2H3,(H,29,31)(H,30,33,35)/t13-,16-,17+/m0/s1. The summed E-state index contributed by atoms with van der Waals surface area (Å²) < 4.78 is 37.6. The number of morpholine rings is 1. The average Bonchev–Trinajstić information content (AvgIpc) is 3.60. The van der Waals surface area contributed by atoms with Crippen LogP contribution in [0.2, 0.25) is 0 Å². The molecule has 1 aliphatic heterocycles. The average molecular weight is 509 g/mol. The van der Waals surface area contributed by atoms with Crippen molar-refractivity contribution in [3.05, 3.63) is 36.7 Å². The molecule has 2 fully saturated rings. The molecule has 192 valence electrons. The van der Waals surface area contributed by atoms with Gasteiger partial charge in [0.05, 0.1) is 18.3 Å². The minimum atomic E-state index is -2.50. The summed E-state index contributed by atoms with van der Waals surface area (Å²) >= 11 is 0. The van der Waals surface area contributed by atoms with E-state index in [-0.39, 0.29) is 18.3 Å². The van der Waals surface area contributed by atoms with Crippen molar-refractivity contribution in [2.45, 2.75) is 25.9 Å². The molecule has 37 heavy (non-hydrogen) atoms. The fraction of sp³-hybridized carbons (Fsp3) is 0.385. The summed E-state index contributed by atoms with van der Waals surface area (Å²) in [6, 6.07) is 7.61. The van der Waals surface area contributed by atoms with E-state index in [9.17, 15) is 13.6 Å². The van der Waals surface area contributed by atoms with Gasteiger partial charge >= 0.3 is 0 Å². The summed E-state index contributed by atoms with van der Waals surface area (Å²) in [4.78, 5) is 28.3. The lowest BCUT2D eigenvalue weighted by Crippen LogP contribution is -2.41. The second kappa shape index (κ2) is 9.22. The van der Waals surface area contributed by atoms with Gasteiger partial charge in [-0.2, -0.15) is 0 Å². The fourth-order valence-corrected chi connectivity index (χ4v) is 4.87. The first-order chi connectivity index (χ1) is 17.9. The maximum Gasteiger partial charge on any atom is 0.242 e. The van der Waals surface area contributed by atoms with Crippen LogP contribution in [0.3, 0.4) is 0 Å². The van der Waals surface area contributed by atoms with E-state index in [1.807, 2.05) is 18.2 Å². The van der Waals surface area contributed by atoms with E-state index < -0.39 is 24.2 Å². The van der Waals surface area contributed by atoms with Crippen molar-refractivity contribution >= 4 is 45.1 Å². The minimum Gasteiger partial charge on any atom is -0.436 e. The zero-order chi connectivity index (χ0) is 25.7. The number of ether oxygens (including phenoxy) is 1. The molecule has 1 saturated heterocycles. The fourth-order valence-electron chi connectivity index (χ4n) is 4.87. The molecule has 4 aromatic rings. The summed E-state index contributed by atoms with van der Waals surface area (Å²) in [6.07, 6.45) is 1.09. The van der Waals surface area contributed by atoms with Gasteiger partial charge < -0.3 is 24.7 Å². The molecule has 11 heteroatoms. The molecule has 4 heterocycles. The number of anilines is 3. The Morgan fingerprint density at radius 1 is 1.19 bits per heavy atom. The normalized spacial score (nSPS) is 21.5. The number of nitrogens with zero attached hydrogens (tertiary/aromatic N) is 4. The molecule has 0 bridgehead atoms. The number of hydrogen-bond acceptors (Lipinski definition) is 8. The van der Waals surface area contributed by atoms with E-state index in [2.05, 4.69) is 32.4 Å². The zero-order valence-electron chi connectivity index (χ0n) is 20.4. The summed E-state index contributed by atoms with van der Waals surface area (Å²) in [7, 11) is 1.75. The summed E-state index contributed by atoms with van der Waals surface area (Å²) in [5, 5.41) is 7.14. The van der Waals surface area contributed by atoms with Gasteiger partial charge in [-0.15, -0.1) is 0 Å². The van der Waals surface area contributed by atoms with E-state index >= 15 is 0 Å². The number of halogens is 2. The SMILES string of the molecule is CNc1ncc(-c2nc3cc(N4CCO[C@@H](C)C4)ccc3o2)c2cc(NC(=O)[C@@H]3C[C@@H]3C(F)F)ncc12. The molecular weight excluding hydrogens is 482 g/mol. The highest BCUT2D eigenvalue weighted by molar-refractivity contribution is 6.03. The number of carbonyl (C=O) groups is 1. The molecule has 0 radical (unpaired) electrons. The van der Waals surface area contributed by atoms with Crippen LogP contribution >= 0.6 is 0 Å². The van der Waals surface area contributed by atoms with Crippen LogP contribution in [0.4, 0.5) is 26.1 Å². The van der Waals surface area contributed by atoms with Gasteiger partial charge in [0, 0.05) is 60.8 Å². The minimum absolute atomic E-state index is 0.157. The van der Waals surface area contributed by atoms with Crippen LogP contribution in [-0.2, 0) is 9.53 Å². The molecule has 3 atom stereocenters. The van der Waals surface area contributed by atoms with E-state index in [0.717, 1.165) is 18.8 Å². The Bertz CT molecular complexity index is 1490.